The molecule has 4 heterocycles. The van der Waals surface area contributed by atoms with Crippen LogP contribution in [0.3, 0.4) is 0 Å². The lowest BCUT2D eigenvalue weighted by Gasteiger charge is -2.48. The highest BCUT2D eigenvalue weighted by atomic mass is 16.7. The molecular formula is C46H72N6O10. The lowest BCUT2D eigenvalue weighted by molar-refractivity contribution is -0.287. The van der Waals surface area contributed by atoms with Crippen LogP contribution in [-0.2, 0) is 44.6 Å². The number of esters is 1. The molecule has 0 spiro atoms. The van der Waals surface area contributed by atoms with Crippen LogP contribution < -0.4 is 5.32 Å². The van der Waals surface area contributed by atoms with Gasteiger partial charge in [-0.2, -0.15) is 0 Å². The largest absolute Gasteiger partial charge is 0.458 e. The number of aromatic nitrogens is 3. The number of aliphatic hydroxyl groups is 1. The molecule has 3 saturated heterocycles. The van der Waals surface area contributed by atoms with Gasteiger partial charge in [0.25, 0.3) is 0 Å². The molecule has 0 saturated carbocycles. The molecule has 3 fully saturated rings. The van der Waals surface area contributed by atoms with Crippen molar-refractivity contribution < 1.29 is 48.0 Å². The van der Waals surface area contributed by atoms with Gasteiger partial charge < -0.3 is 43.9 Å². The summed E-state index contributed by atoms with van der Waals surface area (Å²) in [5.41, 5.74) is -0.377. The lowest BCUT2D eigenvalue weighted by atomic mass is 9.73. The molecule has 2 amide bonds. The number of Topliss-reactive ketones (excluding diaryl/α,β-unsaturated/α-hetero) is 1. The first-order chi connectivity index (χ1) is 29.1. The molecule has 2 N–H and O–H groups in total. The zero-order valence-electron chi connectivity index (χ0n) is 39.1. The molecule has 3 aliphatic rings. The summed E-state index contributed by atoms with van der Waals surface area (Å²) < 4.78 is 33.8. The summed E-state index contributed by atoms with van der Waals surface area (Å²) in [6, 6.07) is 6.77. The molecule has 0 aliphatic carbocycles. The Balaban J connectivity index is 1.40. The fraction of sp³-hybridized carbons (Fsp3) is 0.739. The lowest BCUT2D eigenvalue weighted by Crippen LogP contribution is -2.59. The standard InChI is InChI=1S/C46H72N6O10/c1-14-37-46(10)40(52(44(57)62-46)21-16-15-20-51-25-35(48-49-51)33-18-17-19-34(23-33)47-32(8)53)29(5)38(54)26(2)24-45(9,58-13)41(30(6)39(55)31(7)42(56)60-37)61-43-28(4)36(50(11)12)22-27(3)59-43/h17-19,23,25-31,36-37,39-41,43,55H,14-16,20-22,24H2,1-13H3,(H,47,53)/t26-,27-,28-,29+,30+,31-,36+,37-,39+,40+,41-,43+,45+,46-/m1/s1. The van der Waals surface area contributed by atoms with Crippen LogP contribution in [0.25, 0.3) is 11.3 Å². The molecule has 1 aromatic carbocycles. The van der Waals surface area contributed by atoms with E-state index < -0.39 is 77.6 Å². The Morgan fingerprint density at radius 1 is 1.03 bits per heavy atom. The maximum absolute atomic E-state index is 14.8. The molecule has 346 valence electrons. The Morgan fingerprint density at radius 2 is 1.73 bits per heavy atom. The van der Waals surface area contributed by atoms with Crippen LogP contribution in [0.1, 0.15) is 101 Å². The third kappa shape index (κ3) is 10.5. The van der Waals surface area contributed by atoms with E-state index in [2.05, 4.69) is 27.5 Å². The number of ketones is 1. The predicted molar refractivity (Wildman–Crippen MR) is 233 cm³/mol. The summed E-state index contributed by atoms with van der Waals surface area (Å²) in [5.74, 6) is -3.91. The minimum atomic E-state index is -1.38. The number of hydrogen-bond acceptors (Lipinski definition) is 13. The van der Waals surface area contributed by atoms with Crippen LogP contribution >= 0.6 is 0 Å². The van der Waals surface area contributed by atoms with Crippen LogP contribution in [0.2, 0.25) is 0 Å². The Morgan fingerprint density at radius 3 is 2.37 bits per heavy atom. The molecule has 16 heteroatoms. The Kier molecular flexibility index (Phi) is 16.0. The minimum absolute atomic E-state index is 0.0382. The maximum Gasteiger partial charge on any atom is 0.410 e. The van der Waals surface area contributed by atoms with Crippen LogP contribution in [0, 0.1) is 29.6 Å². The number of nitrogens with one attached hydrogen (secondary N) is 1. The summed E-state index contributed by atoms with van der Waals surface area (Å²) in [6.07, 6.45) is 0.103. The second-order valence-electron chi connectivity index (χ2n) is 18.8. The van der Waals surface area contributed by atoms with Gasteiger partial charge in [-0.3, -0.25) is 19.1 Å². The third-order valence-electron chi connectivity index (χ3n) is 13.8. The first-order valence-corrected chi connectivity index (χ1v) is 22.4. The molecule has 0 bridgehead atoms. The van der Waals surface area contributed by atoms with Crippen molar-refractivity contribution >= 4 is 29.4 Å². The number of carbonyl (C=O) groups is 4. The number of methoxy groups -OCH3 is 1. The van der Waals surface area contributed by atoms with E-state index in [1.165, 1.54) is 6.92 Å². The highest BCUT2D eigenvalue weighted by Crippen LogP contribution is 2.44. The molecule has 0 radical (unpaired) electrons. The van der Waals surface area contributed by atoms with Gasteiger partial charge >= 0.3 is 12.1 Å². The predicted octanol–water partition coefficient (Wildman–Crippen LogP) is 5.95. The van der Waals surface area contributed by atoms with Crippen LogP contribution in [0.4, 0.5) is 10.5 Å². The number of aryl methyl sites for hydroxylation is 1. The van der Waals surface area contributed by atoms with Gasteiger partial charge in [-0.15, -0.1) is 5.10 Å². The van der Waals surface area contributed by atoms with Crippen LogP contribution in [-0.4, -0.2) is 135 Å². The highest BCUT2D eigenvalue weighted by Gasteiger charge is 2.60. The zero-order valence-corrected chi connectivity index (χ0v) is 39.1. The number of anilines is 1. The van der Waals surface area contributed by atoms with Crippen molar-refractivity contribution in [3.8, 4) is 11.3 Å². The van der Waals surface area contributed by atoms with E-state index in [1.807, 2.05) is 80.0 Å². The number of amides is 2. The number of carbonyl (C=O) groups excluding carboxylic acids is 4. The average Bonchev–Trinajstić information content (AvgIpc) is 3.80. The van der Waals surface area contributed by atoms with E-state index in [1.54, 1.807) is 36.6 Å². The SMILES string of the molecule is CC[C@H]1OC(=O)[C@H](C)[C@@H](O)[C@H](C)[C@@H](O[C@@H]2O[C@H](C)C[C@H](N(C)C)[C@H]2C)[C@@](C)(OC)C[C@@H](C)C(=O)[C@H](C)[C@@H]2N(CCCCn3cc(-c4cccc(NC(C)=O)c4)nn3)C(=O)O[C@@]21C. The monoisotopic (exact) mass is 869 g/mol. The van der Waals surface area contributed by atoms with Crippen molar-refractivity contribution in [1.82, 2.24) is 24.8 Å². The minimum Gasteiger partial charge on any atom is -0.458 e. The van der Waals surface area contributed by atoms with E-state index in [-0.39, 0.29) is 42.7 Å². The van der Waals surface area contributed by atoms with E-state index >= 15 is 0 Å². The molecule has 1 aromatic heterocycles. The van der Waals surface area contributed by atoms with E-state index in [4.69, 9.17) is 23.7 Å². The van der Waals surface area contributed by atoms with E-state index in [9.17, 15) is 24.3 Å². The van der Waals surface area contributed by atoms with Gasteiger partial charge in [0.1, 0.15) is 17.6 Å². The average molecular weight is 869 g/mol. The van der Waals surface area contributed by atoms with Gasteiger partial charge in [-0.1, -0.05) is 52.0 Å². The summed E-state index contributed by atoms with van der Waals surface area (Å²) in [6.45, 7) is 19.0. The first kappa shape index (κ1) is 49.1. The van der Waals surface area contributed by atoms with Gasteiger partial charge in [-0.25, -0.2) is 4.79 Å². The van der Waals surface area contributed by atoms with Gasteiger partial charge in [0.05, 0.1) is 42.1 Å². The Labute approximate surface area is 367 Å². The number of cyclic esters (lactones) is 1. The van der Waals surface area contributed by atoms with E-state index in [0.717, 1.165) is 12.0 Å². The second kappa shape index (κ2) is 20.3. The zero-order chi connectivity index (χ0) is 45.8. The number of nitrogens with zero attached hydrogens (tertiary/aromatic N) is 5. The third-order valence-corrected chi connectivity index (χ3v) is 13.8. The number of aliphatic hydroxyl groups excluding tert-OH is 1. The summed E-state index contributed by atoms with van der Waals surface area (Å²) >= 11 is 0. The molecule has 16 nitrogen and oxygen atoms in total. The molecule has 0 unspecified atom stereocenters. The fourth-order valence-corrected chi connectivity index (χ4v) is 10.2. The smallest absolute Gasteiger partial charge is 0.410 e. The van der Waals surface area contributed by atoms with Gasteiger partial charge in [-0.05, 0) is 86.0 Å². The van der Waals surface area contributed by atoms with Crippen molar-refractivity contribution in [2.45, 2.75) is 162 Å². The topological polar surface area (TPSA) is 184 Å². The molecule has 3 aliphatic heterocycles. The number of fused-ring (bicyclic) bond motifs is 1. The Bertz CT molecular complexity index is 1880. The van der Waals surface area contributed by atoms with Crippen molar-refractivity contribution in [3.63, 3.8) is 0 Å². The quantitative estimate of drug-likeness (QED) is 0.189. The summed E-state index contributed by atoms with van der Waals surface area (Å²) in [4.78, 5) is 58.2. The summed E-state index contributed by atoms with van der Waals surface area (Å²) in [7, 11) is 5.66. The number of benzene rings is 1. The maximum atomic E-state index is 14.8. The van der Waals surface area contributed by atoms with Crippen LogP contribution in [0.5, 0.6) is 0 Å². The van der Waals surface area contributed by atoms with Crippen molar-refractivity contribution in [3.05, 3.63) is 30.5 Å². The van der Waals surface area contributed by atoms with Gasteiger partial charge in [0.2, 0.25) is 5.91 Å². The van der Waals surface area contributed by atoms with Crippen LogP contribution in [0.15, 0.2) is 30.5 Å². The van der Waals surface area contributed by atoms with Gasteiger partial charge in [0, 0.05) is 68.1 Å². The van der Waals surface area contributed by atoms with Crippen molar-refractivity contribution in [2.75, 3.05) is 33.1 Å². The van der Waals surface area contributed by atoms with Gasteiger partial charge in [0.15, 0.2) is 11.9 Å². The molecule has 5 rings (SSSR count). The number of unbranched alkanes of at least 4 members (excludes halogenated alkanes) is 1. The number of ether oxygens (including phenoxy) is 5. The van der Waals surface area contributed by atoms with E-state index in [0.29, 0.717) is 37.2 Å². The second-order valence-corrected chi connectivity index (χ2v) is 18.8. The molecule has 2 aromatic rings. The fourth-order valence-electron chi connectivity index (χ4n) is 10.2. The summed E-state index contributed by atoms with van der Waals surface area (Å²) in [5, 5.41) is 23.4. The highest BCUT2D eigenvalue weighted by molar-refractivity contribution is 5.89. The Hall–Kier alpha value is -3.96. The number of rotatable bonds is 12. The van der Waals surface area contributed by atoms with Crippen molar-refractivity contribution in [2.24, 2.45) is 29.6 Å². The molecule has 14 atom stereocenters. The number of hydrogen-bond donors (Lipinski definition) is 2. The molecular weight excluding hydrogens is 797 g/mol. The first-order valence-electron chi connectivity index (χ1n) is 22.4. The van der Waals surface area contributed by atoms with Crippen molar-refractivity contribution in [1.29, 1.82) is 0 Å². The molecule has 62 heavy (non-hydrogen) atoms. The normalized spacial score (nSPS) is 36.2.